The molecule has 2 nitrogen and oxygen atoms in total. The summed E-state index contributed by atoms with van der Waals surface area (Å²) >= 11 is 0. The van der Waals surface area contributed by atoms with Gasteiger partial charge in [-0.15, -0.1) is 0 Å². The number of benzene rings is 1. The number of aryl methyl sites for hydroxylation is 1. The average Bonchev–Trinajstić information content (AvgIpc) is 2.25. The summed E-state index contributed by atoms with van der Waals surface area (Å²) in [5.74, 6) is 0.445. The summed E-state index contributed by atoms with van der Waals surface area (Å²) in [6.45, 7) is 2.18. The summed E-state index contributed by atoms with van der Waals surface area (Å²) in [4.78, 5) is 4.03. The van der Waals surface area contributed by atoms with E-state index in [9.17, 15) is 5.26 Å². The van der Waals surface area contributed by atoms with Crippen LogP contribution in [0.15, 0.2) is 18.2 Å². The van der Waals surface area contributed by atoms with Crippen LogP contribution in [-0.4, -0.2) is 0 Å². The molecule has 0 amide bonds. The zero-order chi connectivity index (χ0) is 10.2. The highest BCUT2D eigenvalue weighted by molar-refractivity contribution is 5.32. The van der Waals surface area contributed by atoms with E-state index in [1.165, 1.54) is 19.3 Å². The van der Waals surface area contributed by atoms with Gasteiger partial charge in [0.2, 0.25) is 0 Å². The second-order valence-electron chi connectivity index (χ2n) is 3.43. The summed E-state index contributed by atoms with van der Waals surface area (Å²) in [5, 5.41) is 10.3. The van der Waals surface area contributed by atoms with Crippen LogP contribution < -0.4 is 4.89 Å². The molecule has 1 aromatic rings. The first-order chi connectivity index (χ1) is 6.88. The zero-order valence-corrected chi connectivity index (χ0v) is 8.58. The Morgan fingerprint density at radius 2 is 2.21 bits per heavy atom. The lowest BCUT2D eigenvalue weighted by Crippen LogP contribution is -1.91. The van der Waals surface area contributed by atoms with E-state index in [0.29, 0.717) is 5.75 Å². The topological polar surface area (TPSA) is 29.1 Å². The number of unbranched alkanes of at least 4 members (excludes halogenated alkanes) is 3. The van der Waals surface area contributed by atoms with Crippen LogP contribution in [0.4, 0.5) is 0 Å². The van der Waals surface area contributed by atoms with Crippen molar-refractivity contribution < 1.29 is 10.1 Å². The Labute approximate surface area is 85.5 Å². The van der Waals surface area contributed by atoms with E-state index < -0.39 is 0 Å². The average molecular weight is 192 g/mol. The zero-order valence-electron chi connectivity index (χ0n) is 8.58. The molecule has 0 aliphatic heterocycles. The van der Waals surface area contributed by atoms with Gasteiger partial charge in [0.05, 0.1) is 0 Å². The minimum atomic E-state index is 0.445. The molecule has 0 aliphatic carbocycles. The van der Waals surface area contributed by atoms with E-state index in [1.54, 1.807) is 12.1 Å². The van der Waals surface area contributed by atoms with Gasteiger partial charge < -0.3 is 4.89 Å². The first kappa shape index (κ1) is 11.1. The maximum Gasteiger partial charge on any atom is 0.172 e. The van der Waals surface area contributed by atoms with Gasteiger partial charge in [0.25, 0.3) is 0 Å². The van der Waals surface area contributed by atoms with Crippen molar-refractivity contribution in [2.75, 3.05) is 0 Å². The minimum absolute atomic E-state index is 0.445. The molecule has 0 heterocycles. The molecule has 0 fully saturated rings. The Balaban J connectivity index is 2.41. The summed E-state index contributed by atoms with van der Waals surface area (Å²) in [7, 11) is 0. The van der Waals surface area contributed by atoms with Gasteiger partial charge in [-0.2, -0.15) is 0 Å². The van der Waals surface area contributed by atoms with E-state index in [4.69, 9.17) is 0 Å². The summed E-state index contributed by atoms with van der Waals surface area (Å²) in [6, 6.07) is 8.16. The lowest BCUT2D eigenvalue weighted by molar-refractivity contribution is -0.209. The molecule has 1 rings (SSSR count). The van der Waals surface area contributed by atoms with Crippen molar-refractivity contribution in [3.63, 3.8) is 0 Å². The normalized spacial score (nSPS) is 10.1. The highest BCUT2D eigenvalue weighted by atomic mass is 17.1. The molecule has 0 aliphatic rings. The third-order valence-corrected chi connectivity index (χ3v) is 2.29. The third kappa shape index (κ3) is 3.38. The highest BCUT2D eigenvalue weighted by Crippen LogP contribution is 2.19. The second-order valence-corrected chi connectivity index (χ2v) is 3.43. The van der Waals surface area contributed by atoms with Gasteiger partial charge >= 0.3 is 0 Å². The summed E-state index contributed by atoms with van der Waals surface area (Å²) in [6.07, 6.45) is 5.72. The van der Waals surface area contributed by atoms with Gasteiger partial charge in [-0.3, -0.25) is 0 Å². The van der Waals surface area contributed by atoms with Gasteiger partial charge in [0.1, 0.15) is 0 Å². The maximum atomic E-state index is 10.3. The van der Waals surface area contributed by atoms with Crippen molar-refractivity contribution in [3.8, 4) is 5.75 Å². The first-order valence-electron chi connectivity index (χ1n) is 5.17. The molecule has 0 N–H and O–H groups in total. The van der Waals surface area contributed by atoms with Crippen LogP contribution in [0.3, 0.4) is 0 Å². The lowest BCUT2D eigenvalue weighted by Gasteiger charge is -2.04. The van der Waals surface area contributed by atoms with Crippen molar-refractivity contribution in [2.24, 2.45) is 0 Å². The monoisotopic (exact) mass is 192 g/mol. The predicted octanol–water partition coefficient (Wildman–Crippen LogP) is 3.33. The standard InChI is InChI=1S/C12H16O2/c1-2-3-4-5-8-11-9-6-7-10-12(11)14-13/h7,9-10H,2-5,8H2,1H3. The molecule has 76 valence electrons. The molecule has 2 heteroatoms. The fourth-order valence-corrected chi connectivity index (χ4v) is 1.47. The Kier molecular flexibility index (Phi) is 5.08. The molecule has 0 atom stereocenters. The SMILES string of the molecule is CCCCCCc1c[c]ccc1O[O]. The Hall–Kier alpha value is -1.02. The van der Waals surface area contributed by atoms with Crippen LogP contribution in [0.1, 0.15) is 38.2 Å². The van der Waals surface area contributed by atoms with Crippen molar-refractivity contribution in [1.29, 1.82) is 0 Å². The molecule has 0 saturated heterocycles. The molecule has 2 radical (unpaired) electrons. The number of hydrogen-bond donors (Lipinski definition) is 0. The molecular formula is C12H16O2. The van der Waals surface area contributed by atoms with E-state index in [-0.39, 0.29) is 0 Å². The largest absolute Gasteiger partial charge is 0.305 e. The van der Waals surface area contributed by atoms with Crippen molar-refractivity contribution in [3.05, 3.63) is 29.8 Å². The molecular weight excluding hydrogens is 176 g/mol. The van der Waals surface area contributed by atoms with Crippen molar-refractivity contribution in [1.82, 2.24) is 0 Å². The molecule has 14 heavy (non-hydrogen) atoms. The van der Waals surface area contributed by atoms with Gasteiger partial charge in [-0.05, 0) is 36.6 Å². The fraction of sp³-hybridized carbons (Fsp3) is 0.500. The Morgan fingerprint density at radius 1 is 1.36 bits per heavy atom. The van der Waals surface area contributed by atoms with E-state index in [2.05, 4.69) is 17.9 Å². The molecule has 0 saturated carbocycles. The fourth-order valence-electron chi connectivity index (χ4n) is 1.47. The first-order valence-corrected chi connectivity index (χ1v) is 5.17. The Morgan fingerprint density at radius 3 is 2.93 bits per heavy atom. The smallest absolute Gasteiger partial charge is 0.172 e. The summed E-state index contributed by atoms with van der Waals surface area (Å²) in [5.41, 5.74) is 0.971. The maximum absolute atomic E-state index is 10.3. The summed E-state index contributed by atoms with van der Waals surface area (Å²) < 4.78 is 0. The van der Waals surface area contributed by atoms with Crippen molar-refractivity contribution >= 4 is 0 Å². The molecule has 1 aromatic carbocycles. The van der Waals surface area contributed by atoms with Crippen LogP contribution in [0.25, 0.3) is 0 Å². The molecule has 0 bridgehead atoms. The van der Waals surface area contributed by atoms with Gasteiger partial charge in [-0.1, -0.05) is 32.3 Å². The van der Waals surface area contributed by atoms with Crippen LogP contribution in [-0.2, 0) is 11.7 Å². The molecule has 0 spiro atoms. The predicted molar refractivity (Wildman–Crippen MR) is 54.4 cm³/mol. The second kappa shape index (κ2) is 6.44. The van der Waals surface area contributed by atoms with Gasteiger partial charge in [-0.25, -0.2) is 0 Å². The third-order valence-electron chi connectivity index (χ3n) is 2.29. The van der Waals surface area contributed by atoms with E-state index in [1.807, 2.05) is 6.07 Å². The van der Waals surface area contributed by atoms with Crippen LogP contribution in [0.2, 0.25) is 0 Å². The molecule has 0 aromatic heterocycles. The highest BCUT2D eigenvalue weighted by Gasteiger charge is 2.02. The van der Waals surface area contributed by atoms with Crippen molar-refractivity contribution in [2.45, 2.75) is 39.0 Å². The van der Waals surface area contributed by atoms with Gasteiger partial charge in [0.15, 0.2) is 5.75 Å². The molecule has 0 unspecified atom stereocenters. The lowest BCUT2D eigenvalue weighted by atomic mass is 10.1. The quantitative estimate of drug-likeness (QED) is 0.386. The van der Waals surface area contributed by atoms with E-state index >= 15 is 0 Å². The van der Waals surface area contributed by atoms with E-state index in [0.717, 1.165) is 18.4 Å². The minimum Gasteiger partial charge on any atom is -0.305 e. The Bertz CT molecular complexity index is 258. The van der Waals surface area contributed by atoms with Crippen LogP contribution in [0, 0.1) is 6.07 Å². The number of hydrogen-bond acceptors (Lipinski definition) is 1. The van der Waals surface area contributed by atoms with Crippen LogP contribution in [0.5, 0.6) is 5.75 Å². The van der Waals surface area contributed by atoms with Gasteiger partial charge in [0, 0.05) is 5.26 Å². The van der Waals surface area contributed by atoms with Crippen LogP contribution >= 0.6 is 0 Å². The number of rotatable bonds is 6.